The lowest BCUT2D eigenvalue weighted by Crippen LogP contribution is -2.25. The van der Waals surface area contributed by atoms with Crippen molar-refractivity contribution in [2.45, 2.75) is 13.1 Å². The van der Waals surface area contributed by atoms with E-state index in [0.717, 1.165) is 12.1 Å². The van der Waals surface area contributed by atoms with Crippen LogP contribution in [0.3, 0.4) is 0 Å². The van der Waals surface area contributed by atoms with Crippen molar-refractivity contribution in [3.05, 3.63) is 40.3 Å². The molecule has 0 aromatic carbocycles. The molecule has 6 heteroatoms. The van der Waals surface area contributed by atoms with E-state index >= 15 is 0 Å². The molecule has 0 spiro atoms. The van der Waals surface area contributed by atoms with Crippen molar-refractivity contribution in [1.29, 1.82) is 0 Å². The third kappa shape index (κ3) is 4.27. The minimum absolute atomic E-state index is 0.141. The van der Waals surface area contributed by atoms with Crippen molar-refractivity contribution >= 4 is 11.3 Å². The van der Waals surface area contributed by atoms with Crippen LogP contribution in [0.15, 0.2) is 29.9 Å². The molecule has 2 rings (SSSR count). The Hall–Kier alpha value is -1.50. The van der Waals surface area contributed by atoms with Crippen LogP contribution in [-0.2, 0) is 13.1 Å². The summed E-state index contributed by atoms with van der Waals surface area (Å²) in [5.74, 6) is 0. The van der Waals surface area contributed by atoms with Gasteiger partial charge in [-0.05, 0) is 11.4 Å². The van der Waals surface area contributed by atoms with Crippen molar-refractivity contribution in [2.24, 2.45) is 0 Å². The summed E-state index contributed by atoms with van der Waals surface area (Å²) in [6, 6.07) is 4.50. The van der Waals surface area contributed by atoms with Crippen molar-refractivity contribution < 1.29 is 9.84 Å². The molecule has 0 amide bonds. The Morgan fingerprint density at radius 1 is 1.32 bits per heavy atom. The monoisotopic (exact) mass is 279 g/mol. The van der Waals surface area contributed by atoms with Crippen LogP contribution in [0.5, 0.6) is 6.01 Å². The predicted octanol–water partition coefficient (Wildman–Crippen LogP) is 1.54. The molecular formula is C13H17N3O2S. The smallest absolute Gasteiger partial charge is 0.316 e. The van der Waals surface area contributed by atoms with Crippen molar-refractivity contribution in [2.75, 3.05) is 20.3 Å². The Bertz CT molecular complexity index is 473. The molecule has 0 atom stereocenters. The minimum Gasteiger partial charge on any atom is -0.467 e. The zero-order valence-electron chi connectivity index (χ0n) is 10.8. The first-order valence-corrected chi connectivity index (χ1v) is 6.90. The Kier molecular flexibility index (Phi) is 5.26. The van der Waals surface area contributed by atoms with E-state index in [1.54, 1.807) is 30.8 Å². The first-order chi connectivity index (χ1) is 9.31. The number of ether oxygens (including phenoxy) is 1. The van der Waals surface area contributed by atoms with Crippen LogP contribution in [0.25, 0.3) is 0 Å². The normalized spacial score (nSPS) is 10.9. The second-order valence-electron chi connectivity index (χ2n) is 4.09. The largest absolute Gasteiger partial charge is 0.467 e. The maximum atomic E-state index is 9.14. The zero-order chi connectivity index (χ0) is 13.5. The van der Waals surface area contributed by atoms with Crippen molar-refractivity contribution in [1.82, 2.24) is 14.9 Å². The van der Waals surface area contributed by atoms with Gasteiger partial charge in [0, 0.05) is 42.5 Å². The molecule has 19 heavy (non-hydrogen) atoms. The predicted molar refractivity (Wildman–Crippen MR) is 74.1 cm³/mol. The molecule has 2 heterocycles. The molecule has 0 unspecified atom stereocenters. The van der Waals surface area contributed by atoms with Gasteiger partial charge in [-0.3, -0.25) is 4.90 Å². The molecule has 0 radical (unpaired) electrons. The molecule has 0 saturated carbocycles. The molecule has 0 aliphatic rings. The van der Waals surface area contributed by atoms with Crippen LogP contribution in [0.2, 0.25) is 0 Å². The summed E-state index contributed by atoms with van der Waals surface area (Å²) in [6.07, 6.45) is 3.51. The van der Waals surface area contributed by atoms with Gasteiger partial charge < -0.3 is 9.84 Å². The molecule has 0 fully saturated rings. The molecule has 102 valence electrons. The minimum atomic E-state index is 0.141. The SMILES string of the molecule is COc1ncc(CN(CCO)Cc2cccs2)cn1. The molecule has 0 saturated heterocycles. The molecule has 1 N–H and O–H groups in total. The topological polar surface area (TPSA) is 58.5 Å². The fourth-order valence-electron chi connectivity index (χ4n) is 1.77. The first-order valence-electron chi connectivity index (χ1n) is 6.02. The van der Waals surface area contributed by atoms with Crippen molar-refractivity contribution in [3.8, 4) is 6.01 Å². The van der Waals surface area contributed by atoms with E-state index in [1.165, 1.54) is 4.88 Å². The number of aliphatic hydroxyl groups excluding tert-OH is 1. The summed E-state index contributed by atoms with van der Waals surface area (Å²) in [5.41, 5.74) is 1.01. The van der Waals surface area contributed by atoms with Crippen LogP contribution in [0, 0.1) is 0 Å². The van der Waals surface area contributed by atoms with Gasteiger partial charge >= 0.3 is 6.01 Å². The molecular weight excluding hydrogens is 262 g/mol. The van der Waals surface area contributed by atoms with Gasteiger partial charge in [-0.1, -0.05) is 6.07 Å². The Balaban J connectivity index is 1.98. The third-order valence-corrected chi connectivity index (χ3v) is 3.51. The van der Waals surface area contributed by atoms with Gasteiger partial charge in [0.25, 0.3) is 0 Å². The van der Waals surface area contributed by atoms with E-state index in [9.17, 15) is 0 Å². The van der Waals surface area contributed by atoms with Crippen LogP contribution in [-0.4, -0.2) is 40.2 Å². The Labute approximate surface area is 116 Å². The molecule has 2 aromatic rings. The fourth-order valence-corrected chi connectivity index (χ4v) is 2.51. The van der Waals surface area contributed by atoms with Gasteiger partial charge in [-0.2, -0.15) is 0 Å². The number of aliphatic hydroxyl groups is 1. The van der Waals surface area contributed by atoms with Gasteiger partial charge in [0.1, 0.15) is 0 Å². The van der Waals surface area contributed by atoms with Gasteiger partial charge in [-0.15, -0.1) is 11.3 Å². The lowest BCUT2D eigenvalue weighted by molar-refractivity contribution is 0.185. The van der Waals surface area contributed by atoms with Crippen LogP contribution >= 0.6 is 11.3 Å². The van der Waals surface area contributed by atoms with Gasteiger partial charge in [0.05, 0.1) is 13.7 Å². The number of methoxy groups -OCH3 is 1. The van der Waals surface area contributed by atoms with E-state index in [0.29, 0.717) is 19.1 Å². The second kappa shape index (κ2) is 7.18. The summed E-state index contributed by atoms with van der Waals surface area (Å²) >= 11 is 1.72. The zero-order valence-corrected chi connectivity index (χ0v) is 11.6. The highest BCUT2D eigenvalue weighted by atomic mass is 32.1. The summed E-state index contributed by atoms with van der Waals surface area (Å²) in [7, 11) is 1.55. The van der Waals surface area contributed by atoms with E-state index in [1.807, 2.05) is 6.07 Å². The van der Waals surface area contributed by atoms with E-state index < -0.39 is 0 Å². The number of thiophene rings is 1. The van der Waals surface area contributed by atoms with Crippen LogP contribution in [0.4, 0.5) is 0 Å². The third-order valence-electron chi connectivity index (χ3n) is 2.65. The van der Waals surface area contributed by atoms with E-state index in [4.69, 9.17) is 9.84 Å². The maximum absolute atomic E-state index is 9.14. The fraction of sp³-hybridized carbons (Fsp3) is 0.385. The first kappa shape index (κ1) is 13.9. The lowest BCUT2D eigenvalue weighted by Gasteiger charge is -2.20. The average molecular weight is 279 g/mol. The van der Waals surface area contributed by atoms with Crippen LogP contribution in [0.1, 0.15) is 10.4 Å². The van der Waals surface area contributed by atoms with Crippen LogP contribution < -0.4 is 4.74 Å². The average Bonchev–Trinajstić information content (AvgIpc) is 2.93. The quantitative estimate of drug-likeness (QED) is 0.833. The summed E-state index contributed by atoms with van der Waals surface area (Å²) in [4.78, 5) is 11.6. The number of nitrogens with zero attached hydrogens (tertiary/aromatic N) is 3. The molecule has 0 aliphatic heterocycles. The van der Waals surface area contributed by atoms with E-state index in [2.05, 4.69) is 26.3 Å². The standard InChI is InChI=1S/C13H17N3O2S/c1-18-13-14-7-11(8-15-13)9-16(4-5-17)10-12-3-2-6-19-12/h2-3,6-8,17H,4-5,9-10H2,1H3. The highest BCUT2D eigenvalue weighted by Gasteiger charge is 2.08. The second-order valence-corrected chi connectivity index (χ2v) is 5.12. The van der Waals surface area contributed by atoms with Gasteiger partial charge in [0.2, 0.25) is 0 Å². The van der Waals surface area contributed by atoms with E-state index in [-0.39, 0.29) is 6.61 Å². The number of aromatic nitrogens is 2. The maximum Gasteiger partial charge on any atom is 0.316 e. The van der Waals surface area contributed by atoms with Gasteiger partial charge in [-0.25, -0.2) is 9.97 Å². The highest BCUT2D eigenvalue weighted by Crippen LogP contribution is 2.14. The van der Waals surface area contributed by atoms with Gasteiger partial charge in [0.15, 0.2) is 0 Å². The summed E-state index contributed by atoms with van der Waals surface area (Å²) < 4.78 is 4.93. The lowest BCUT2D eigenvalue weighted by atomic mass is 10.3. The molecule has 0 bridgehead atoms. The molecule has 0 aliphatic carbocycles. The summed E-state index contributed by atoms with van der Waals surface area (Å²) in [5, 5.41) is 11.2. The van der Waals surface area contributed by atoms with Crippen molar-refractivity contribution in [3.63, 3.8) is 0 Å². The number of hydrogen-bond donors (Lipinski definition) is 1. The highest BCUT2D eigenvalue weighted by molar-refractivity contribution is 7.09. The molecule has 5 nitrogen and oxygen atoms in total. The molecule has 2 aromatic heterocycles. The Morgan fingerprint density at radius 3 is 2.68 bits per heavy atom. The number of hydrogen-bond acceptors (Lipinski definition) is 6. The Morgan fingerprint density at radius 2 is 2.11 bits per heavy atom. The number of rotatable bonds is 7. The summed E-state index contributed by atoms with van der Waals surface area (Å²) in [6.45, 7) is 2.30.